The maximum Gasteiger partial charge on any atom is 0.287 e. The Kier molecular flexibility index (Phi) is 5.16. The van der Waals surface area contributed by atoms with E-state index in [1.165, 1.54) is 4.68 Å². The first-order chi connectivity index (χ1) is 13.0. The SMILES string of the molecule is Cn1cc(C(=O)NC(Cc2ccccc2)C(=O)C(N)=O)c(-c2cc[nH]c2)n1. The van der Waals surface area contributed by atoms with Crippen LogP contribution in [-0.4, -0.2) is 38.4 Å². The topological polar surface area (TPSA) is 123 Å². The normalized spacial score (nSPS) is 11.7. The maximum atomic E-state index is 12.8. The molecule has 27 heavy (non-hydrogen) atoms. The first kappa shape index (κ1) is 18.1. The summed E-state index contributed by atoms with van der Waals surface area (Å²) in [7, 11) is 1.70. The molecule has 2 heterocycles. The number of benzene rings is 1. The molecule has 0 saturated heterocycles. The Balaban J connectivity index is 1.87. The molecule has 2 amide bonds. The molecule has 0 aliphatic carbocycles. The summed E-state index contributed by atoms with van der Waals surface area (Å²) in [5.74, 6) is -2.44. The predicted molar refractivity (Wildman–Crippen MR) is 98.6 cm³/mol. The smallest absolute Gasteiger partial charge is 0.287 e. The van der Waals surface area contributed by atoms with Crippen molar-refractivity contribution in [1.82, 2.24) is 20.1 Å². The average molecular weight is 365 g/mol. The summed E-state index contributed by atoms with van der Waals surface area (Å²) < 4.78 is 1.51. The predicted octanol–water partition coefficient (Wildman–Crippen LogP) is 0.811. The first-order valence-electron chi connectivity index (χ1n) is 8.31. The van der Waals surface area contributed by atoms with Crippen molar-refractivity contribution in [3.05, 3.63) is 66.1 Å². The molecule has 0 saturated carbocycles. The number of hydrogen-bond acceptors (Lipinski definition) is 4. The minimum absolute atomic E-state index is 0.161. The number of H-pyrrole nitrogens is 1. The van der Waals surface area contributed by atoms with Gasteiger partial charge < -0.3 is 16.0 Å². The fraction of sp³-hybridized carbons (Fsp3) is 0.158. The molecular weight excluding hydrogens is 346 g/mol. The zero-order valence-electron chi connectivity index (χ0n) is 14.7. The second-order valence-electron chi connectivity index (χ2n) is 6.11. The van der Waals surface area contributed by atoms with Crippen LogP contribution < -0.4 is 11.1 Å². The van der Waals surface area contributed by atoms with Gasteiger partial charge in [0.05, 0.1) is 5.56 Å². The van der Waals surface area contributed by atoms with Gasteiger partial charge in [-0.15, -0.1) is 0 Å². The highest BCUT2D eigenvalue weighted by molar-refractivity contribution is 6.38. The van der Waals surface area contributed by atoms with Gasteiger partial charge in [-0.3, -0.25) is 19.1 Å². The van der Waals surface area contributed by atoms with Crippen LogP contribution in [0.5, 0.6) is 0 Å². The molecule has 8 nitrogen and oxygen atoms in total. The van der Waals surface area contributed by atoms with Crippen molar-refractivity contribution in [2.45, 2.75) is 12.5 Å². The van der Waals surface area contributed by atoms with E-state index in [4.69, 9.17) is 5.73 Å². The summed E-state index contributed by atoms with van der Waals surface area (Å²) in [6.45, 7) is 0. The van der Waals surface area contributed by atoms with E-state index in [9.17, 15) is 14.4 Å². The second-order valence-corrected chi connectivity index (χ2v) is 6.11. The lowest BCUT2D eigenvalue weighted by Crippen LogP contribution is -2.47. The minimum Gasteiger partial charge on any atom is -0.367 e. The molecule has 4 N–H and O–H groups in total. The van der Waals surface area contributed by atoms with Gasteiger partial charge in [-0.2, -0.15) is 5.10 Å². The quantitative estimate of drug-likeness (QED) is 0.536. The highest BCUT2D eigenvalue weighted by Crippen LogP contribution is 2.21. The Morgan fingerprint density at radius 2 is 1.96 bits per heavy atom. The van der Waals surface area contributed by atoms with E-state index in [1.54, 1.807) is 31.7 Å². The van der Waals surface area contributed by atoms with Crippen molar-refractivity contribution in [1.29, 1.82) is 0 Å². The molecule has 1 aromatic carbocycles. The van der Waals surface area contributed by atoms with Crippen LogP contribution in [0, 0.1) is 0 Å². The standard InChI is InChI=1S/C19H19N5O3/c1-24-11-14(16(23-24)13-7-8-21-10-13)19(27)22-15(17(25)18(20)26)9-12-5-3-2-4-6-12/h2-8,10-11,15,21H,9H2,1H3,(H2,20,26)(H,22,27). The number of amides is 2. The van der Waals surface area contributed by atoms with E-state index in [2.05, 4.69) is 15.4 Å². The largest absolute Gasteiger partial charge is 0.367 e. The van der Waals surface area contributed by atoms with Gasteiger partial charge in [0, 0.05) is 37.6 Å². The molecule has 3 rings (SSSR count). The van der Waals surface area contributed by atoms with E-state index in [0.29, 0.717) is 11.3 Å². The van der Waals surface area contributed by atoms with Gasteiger partial charge in [0.15, 0.2) is 0 Å². The lowest BCUT2D eigenvalue weighted by Gasteiger charge is -2.16. The Bertz CT molecular complexity index is 961. The van der Waals surface area contributed by atoms with E-state index in [1.807, 2.05) is 30.3 Å². The number of primary amides is 1. The molecular formula is C19H19N5O3. The maximum absolute atomic E-state index is 12.8. The van der Waals surface area contributed by atoms with Gasteiger partial charge in [-0.25, -0.2) is 0 Å². The third-order valence-corrected chi connectivity index (χ3v) is 4.09. The Labute approximate surface area is 155 Å². The number of aromatic nitrogens is 3. The van der Waals surface area contributed by atoms with Crippen molar-refractivity contribution in [3.8, 4) is 11.3 Å². The van der Waals surface area contributed by atoms with Gasteiger partial charge in [0.1, 0.15) is 11.7 Å². The van der Waals surface area contributed by atoms with Crippen LogP contribution in [0.1, 0.15) is 15.9 Å². The number of nitrogens with zero attached hydrogens (tertiary/aromatic N) is 2. The molecule has 2 aromatic heterocycles. The Morgan fingerprint density at radius 3 is 2.59 bits per heavy atom. The molecule has 1 unspecified atom stereocenters. The summed E-state index contributed by atoms with van der Waals surface area (Å²) in [6.07, 6.45) is 5.16. The number of rotatable bonds is 7. The van der Waals surface area contributed by atoms with Crippen LogP contribution in [0.3, 0.4) is 0 Å². The van der Waals surface area contributed by atoms with Crippen molar-refractivity contribution < 1.29 is 14.4 Å². The second kappa shape index (κ2) is 7.69. The number of nitrogens with one attached hydrogen (secondary N) is 2. The van der Waals surface area contributed by atoms with Crippen molar-refractivity contribution in [2.75, 3.05) is 0 Å². The molecule has 0 aliphatic rings. The van der Waals surface area contributed by atoms with Crippen molar-refractivity contribution in [2.24, 2.45) is 12.8 Å². The van der Waals surface area contributed by atoms with Gasteiger partial charge in [-0.05, 0) is 11.6 Å². The Hall–Kier alpha value is -3.68. The fourth-order valence-corrected chi connectivity index (χ4v) is 2.81. The van der Waals surface area contributed by atoms with E-state index in [-0.39, 0.29) is 6.42 Å². The zero-order valence-corrected chi connectivity index (χ0v) is 14.7. The Morgan fingerprint density at radius 1 is 1.22 bits per heavy atom. The highest BCUT2D eigenvalue weighted by Gasteiger charge is 2.27. The number of ketones is 1. The van der Waals surface area contributed by atoms with Gasteiger partial charge in [-0.1, -0.05) is 30.3 Å². The van der Waals surface area contributed by atoms with Crippen molar-refractivity contribution in [3.63, 3.8) is 0 Å². The lowest BCUT2D eigenvalue weighted by molar-refractivity contribution is -0.137. The van der Waals surface area contributed by atoms with E-state index >= 15 is 0 Å². The molecule has 3 aromatic rings. The molecule has 138 valence electrons. The molecule has 8 heteroatoms. The van der Waals surface area contributed by atoms with Crippen molar-refractivity contribution >= 4 is 17.6 Å². The lowest BCUT2D eigenvalue weighted by atomic mass is 10.0. The van der Waals surface area contributed by atoms with Gasteiger partial charge >= 0.3 is 0 Å². The highest BCUT2D eigenvalue weighted by atomic mass is 16.2. The van der Waals surface area contributed by atoms with Crippen LogP contribution in [0.15, 0.2) is 55.0 Å². The number of aryl methyl sites for hydroxylation is 1. The van der Waals surface area contributed by atoms with Crippen LogP contribution in [0.4, 0.5) is 0 Å². The van der Waals surface area contributed by atoms with E-state index in [0.717, 1.165) is 11.1 Å². The number of hydrogen-bond donors (Lipinski definition) is 3. The molecule has 0 aliphatic heterocycles. The van der Waals surface area contributed by atoms with Gasteiger partial charge in [0.25, 0.3) is 11.8 Å². The molecule has 0 bridgehead atoms. The summed E-state index contributed by atoms with van der Waals surface area (Å²) in [4.78, 5) is 39.4. The van der Waals surface area contributed by atoms with Crippen LogP contribution in [0.2, 0.25) is 0 Å². The van der Waals surface area contributed by atoms with Crippen LogP contribution in [0.25, 0.3) is 11.3 Å². The fourth-order valence-electron chi connectivity index (χ4n) is 2.81. The summed E-state index contributed by atoms with van der Waals surface area (Å²) >= 11 is 0. The van der Waals surface area contributed by atoms with Crippen LogP contribution in [-0.2, 0) is 23.1 Å². The number of aromatic amines is 1. The zero-order chi connectivity index (χ0) is 19.4. The number of Topliss-reactive ketones (excluding diaryl/α,β-unsaturated/α-hetero) is 1. The molecule has 0 spiro atoms. The van der Waals surface area contributed by atoms with Gasteiger partial charge in [0.2, 0.25) is 5.78 Å². The molecule has 0 fully saturated rings. The average Bonchev–Trinajstić information content (AvgIpc) is 3.30. The number of carbonyl (C=O) groups is 3. The summed E-state index contributed by atoms with van der Waals surface area (Å²) in [6, 6.07) is 9.81. The molecule has 1 atom stereocenters. The minimum atomic E-state index is -1.09. The summed E-state index contributed by atoms with van der Waals surface area (Å²) in [5.41, 5.74) is 7.47. The first-order valence-corrected chi connectivity index (χ1v) is 8.31. The third-order valence-electron chi connectivity index (χ3n) is 4.09. The summed E-state index contributed by atoms with van der Waals surface area (Å²) in [5, 5.41) is 6.93. The van der Waals surface area contributed by atoms with E-state index < -0.39 is 23.6 Å². The number of carbonyl (C=O) groups excluding carboxylic acids is 3. The number of nitrogens with two attached hydrogens (primary N) is 1. The molecule has 0 radical (unpaired) electrons. The van der Waals surface area contributed by atoms with Crippen LogP contribution >= 0.6 is 0 Å². The monoisotopic (exact) mass is 365 g/mol. The third kappa shape index (κ3) is 4.12.